The Morgan fingerprint density at radius 1 is 1.05 bits per heavy atom. The number of likely N-dealkylation sites (N-methyl/N-ethyl adjacent to an activating group) is 1. The molecule has 0 N–H and O–H groups in total. The molecule has 1 aromatic heterocycles. The third-order valence-corrected chi connectivity index (χ3v) is 4.21. The molecule has 0 saturated carbocycles. The van der Waals surface area contributed by atoms with E-state index in [0.29, 0.717) is 18.9 Å². The molecule has 0 aromatic carbocycles. The van der Waals surface area contributed by atoms with Crippen molar-refractivity contribution in [1.82, 2.24) is 20.0 Å². The van der Waals surface area contributed by atoms with E-state index in [1.54, 1.807) is 6.07 Å². The highest BCUT2D eigenvalue weighted by molar-refractivity contribution is 5.92. The predicted octanol–water partition coefficient (Wildman–Crippen LogP) is 0.0909. The number of nitrogens with zero attached hydrogens (tertiary/aromatic N) is 5. The largest absolute Gasteiger partial charge is 0.378 e. The van der Waals surface area contributed by atoms with Gasteiger partial charge in [0, 0.05) is 32.7 Å². The summed E-state index contributed by atoms with van der Waals surface area (Å²) in [5.41, 5.74) is 0.432. The maximum atomic E-state index is 12.5. The van der Waals surface area contributed by atoms with Crippen LogP contribution in [0, 0.1) is 0 Å². The highest BCUT2D eigenvalue weighted by Crippen LogP contribution is 2.13. The number of morpholine rings is 1. The lowest BCUT2D eigenvalue weighted by molar-refractivity contribution is 0.0755. The van der Waals surface area contributed by atoms with Crippen molar-refractivity contribution < 1.29 is 9.53 Å². The van der Waals surface area contributed by atoms with Crippen LogP contribution in [0.3, 0.4) is 0 Å². The molecule has 7 nitrogen and oxygen atoms in total. The molecule has 0 atom stereocenters. The van der Waals surface area contributed by atoms with Crippen molar-refractivity contribution in [2.45, 2.75) is 6.42 Å². The first-order valence-corrected chi connectivity index (χ1v) is 7.88. The molecule has 2 aliphatic rings. The molecule has 0 unspecified atom stereocenters. The van der Waals surface area contributed by atoms with Gasteiger partial charge in [0.25, 0.3) is 5.91 Å². The number of ether oxygens (including phenoxy) is 1. The molecule has 3 rings (SSSR count). The lowest BCUT2D eigenvalue weighted by atomic mass is 10.3. The summed E-state index contributed by atoms with van der Waals surface area (Å²) in [6.45, 7) is 6.54. The average Bonchev–Trinajstić information content (AvgIpc) is 2.80. The van der Waals surface area contributed by atoms with Gasteiger partial charge in [0.05, 0.1) is 13.2 Å². The lowest BCUT2D eigenvalue weighted by Crippen LogP contribution is -2.37. The fraction of sp³-hybridized carbons (Fsp3) is 0.667. The van der Waals surface area contributed by atoms with Crippen LogP contribution >= 0.6 is 0 Å². The number of hydrogen-bond acceptors (Lipinski definition) is 6. The first-order valence-electron chi connectivity index (χ1n) is 7.88. The normalized spacial score (nSPS) is 20.8. The molecule has 2 saturated heterocycles. The van der Waals surface area contributed by atoms with Gasteiger partial charge in [0.2, 0.25) is 0 Å². The van der Waals surface area contributed by atoms with E-state index in [1.165, 1.54) is 0 Å². The Morgan fingerprint density at radius 3 is 2.59 bits per heavy atom. The number of hydrogen-bond donors (Lipinski definition) is 0. The van der Waals surface area contributed by atoms with Gasteiger partial charge >= 0.3 is 0 Å². The van der Waals surface area contributed by atoms with Gasteiger partial charge < -0.3 is 19.4 Å². The predicted molar refractivity (Wildman–Crippen MR) is 83.1 cm³/mol. The first kappa shape index (κ1) is 15.2. The van der Waals surface area contributed by atoms with Crippen molar-refractivity contribution in [3.8, 4) is 0 Å². The number of amides is 1. The molecular weight excluding hydrogens is 282 g/mol. The third kappa shape index (κ3) is 3.53. The molecule has 0 aliphatic carbocycles. The van der Waals surface area contributed by atoms with Crippen molar-refractivity contribution in [2.75, 3.05) is 64.4 Å². The Bertz CT molecular complexity index is 501. The van der Waals surface area contributed by atoms with Crippen LogP contribution in [0.1, 0.15) is 16.9 Å². The van der Waals surface area contributed by atoms with Gasteiger partial charge in [-0.1, -0.05) is 0 Å². The zero-order valence-electron chi connectivity index (χ0n) is 13.1. The van der Waals surface area contributed by atoms with E-state index in [9.17, 15) is 4.79 Å². The standard InChI is InChI=1S/C15H23N5O2/c1-18-5-2-6-20(8-7-18)15(21)13-3-4-14(17-16-13)19-9-11-22-12-10-19/h3-4H,2,5-12H2,1H3. The Labute approximate surface area is 130 Å². The third-order valence-electron chi connectivity index (χ3n) is 4.21. The molecule has 1 amide bonds. The second-order valence-electron chi connectivity index (χ2n) is 5.83. The van der Waals surface area contributed by atoms with Crippen LogP contribution in [0.2, 0.25) is 0 Å². The molecule has 22 heavy (non-hydrogen) atoms. The molecule has 2 aliphatic heterocycles. The number of anilines is 1. The van der Waals surface area contributed by atoms with Gasteiger partial charge in [-0.25, -0.2) is 0 Å². The zero-order chi connectivity index (χ0) is 15.4. The fourth-order valence-electron chi connectivity index (χ4n) is 2.81. The van der Waals surface area contributed by atoms with Gasteiger partial charge in [-0.3, -0.25) is 4.79 Å². The minimum atomic E-state index is -0.0173. The maximum absolute atomic E-state index is 12.5. The number of carbonyl (C=O) groups excluding carboxylic acids is 1. The minimum absolute atomic E-state index is 0.0173. The molecule has 7 heteroatoms. The summed E-state index contributed by atoms with van der Waals surface area (Å²) in [5, 5.41) is 8.36. The zero-order valence-corrected chi connectivity index (χ0v) is 13.1. The number of carbonyl (C=O) groups is 1. The van der Waals surface area contributed by atoms with Gasteiger partial charge in [-0.05, 0) is 32.1 Å². The summed E-state index contributed by atoms with van der Waals surface area (Å²) in [6.07, 6.45) is 1.00. The van der Waals surface area contributed by atoms with Crippen LogP contribution in [-0.2, 0) is 4.74 Å². The summed E-state index contributed by atoms with van der Waals surface area (Å²) in [4.78, 5) is 18.8. The second-order valence-corrected chi connectivity index (χ2v) is 5.83. The Kier molecular flexibility index (Phi) is 4.84. The second kappa shape index (κ2) is 7.02. The SMILES string of the molecule is CN1CCCN(C(=O)c2ccc(N3CCOCC3)nn2)CC1. The number of rotatable bonds is 2. The molecule has 2 fully saturated rings. The van der Waals surface area contributed by atoms with Crippen LogP contribution in [0.15, 0.2) is 12.1 Å². The first-order chi connectivity index (χ1) is 10.7. The van der Waals surface area contributed by atoms with Crippen LogP contribution in [0.5, 0.6) is 0 Å². The van der Waals surface area contributed by atoms with E-state index >= 15 is 0 Å². The summed E-state index contributed by atoms with van der Waals surface area (Å²) < 4.78 is 5.33. The Hall–Kier alpha value is -1.73. The van der Waals surface area contributed by atoms with Crippen LogP contribution in [-0.4, -0.2) is 85.4 Å². The maximum Gasteiger partial charge on any atom is 0.274 e. The van der Waals surface area contributed by atoms with E-state index < -0.39 is 0 Å². The van der Waals surface area contributed by atoms with Gasteiger partial charge in [0.1, 0.15) is 0 Å². The molecule has 0 radical (unpaired) electrons. The van der Waals surface area contributed by atoms with Crippen molar-refractivity contribution in [3.05, 3.63) is 17.8 Å². The average molecular weight is 305 g/mol. The Morgan fingerprint density at radius 2 is 1.86 bits per heavy atom. The van der Waals surface area contributed by atoms with E-state index in [1.807, 2.05) is 11.0 Å². The molecule has 3 heterocycles. The molecule has 0 spiro atoms. The van der Waals surface area contributed by atoms with Gasteiger partial charge in [-0.15, -0.1) is 10.2 Å². The van der Waals surface area contributed by atoms with Crippen molar-refractivity contribution in [1.29, 1.82) is 0 Å². The van der Waals surface area contributed by atoms with Crippen LogP contribution in [0.25, 0.3) is 0 Å². The fourth-order valence-corrected chi connectivity index (χ4v) is 2.81. The highest BCUT2D eigenvalue weighted by Gasteiger charge is 2.21. The summed E-state index contributed by atoms with van der Waals surface area (Å²) >= 11 is 0. The van der Waals surface area contributed by atoms with Crippen molar-refractivity contribution >= 4 is 11.7 Å². The minimum Gasteiger partial charge on any atom is -0.378 e. The summed E-state index contributed by atoms with van der Waals surface area (Å²) in [5.74, 6) is 0.798. The van der Waals surface area contributed by atoms with E-state index in [0.717, 1.165) is 51.5 Å². The Balaban J connectivity index is 1.65. The van der Waals surface area contributed by atoms with Gasteiger partial charge in [-0.2, -0.15) is 0 Å². The van der Waals surface area contributed by atoms with Crippen molar-refractivity contribution in [3.63, 3.8) is 0 Å². The van der Waals surface area contributed by atoms with E-state index in [2.05, 4.69) is 27.0 Å². The summed E-state index contributed by atoms with van der Waals surface area (Å²) in [6, 6.07) is 3.67. The molecule has 1 aromatic rings. The van der Waals surface area contributed by atoms with Crippen LogP contribution < -0.4 is 4.90 Å². The quantitative estimate of drug-likeness (QED) is 0.772. The topological polar surface area (TPSA) is 61.8 Å². The highest BCUT2D eigenvalue weighted by atomic mass is 16.5. The van der Waals surface area contributed by atoms with E-state index in [4.69, 9.17) is 4.74 Å². The molecule has 0 bridgehead atoms. The molecule has 120 valence electrons. The smallest absolute Gasteiger partial charge is 0.274 e. The monoisotopic (exact) mass is 305 g/mol. The van der Waals surface area contributed by atoms with Crippen LogP contribution in [0.4, 0.5) is 5.82 Å². The van der Waals surface area contributed by atoms with Crippen molar-refractivity contribution in [2.24, 2.45) is 0 Å². The molecular formula is C15H23N5O2. The lowest BCUT2D eigenvalue weighted by Gasteiger charge is -2.27. The van der Waals surface area contributed by atoms with Gasteiger partial charge in [0.15, 0.2) is 11.5 Å². The summed E-state index contributed by atoms with van der Waals surface area (Å²) in [7, 11) is 2.09. The number of aromatic nitrogens is 2. The van der Waals surface area contributed by atoms with E-state index in [-0.39, 0.29) is 5.91 Å².